The predicted octanol–water partition coefficient (Wildman–Crippen LogP) is 3.50. The highest BCUT2D eigenvalue weighted by molar-refractivity contribution is 6.46. The largest absolute Gasteiger partial charge is 0.507 e. The normalized spacial score (nSPS) is 17.9. The van der Waals surface area contributed by atoms with Crippen molar-refractivity contribution in [2.24, 2.45) is 0 Å². The number of nitro groups is 1. The van der Waals surface area contributed by atoms with Gasteiger partial charge in [-0.3, -0.25) is 19.7 Å². The summed E-state index contributed by atoms with van der Waals surface area (Å²) in [6, 6.07) is 8.42. The number of amides is 1. The van der Waals surface area contributed by atoms with E-state index in [1.165, 1.54) is 48.4 Å². The predicted molar refractivity (Wildman–Crippen MR) is 110 cm³/mol. The minimum Gasteiger partial charge on any atom is -0.507 e. The summed E-state index contributed by atoms with van der Waals surface area (Å²) in [6.45, 7) is 2.07. The Labute approximate surface area is 177 Å². The van der Waals surface area contributed by atoms with Crippen molar-refractivity contribution in [1.29, 1.82) is 0 Å². The molecule has 31 heavy (non-hydrogen) atoms. The van der Waals surface area contributed by atoms with Crippen molar-refractivity contribution in [2.45, 2.75) is 19.4 Å². The van der Waals surface area contributed by atoms with Crippen LogP contribution >= 0.6 is 0 Å². The number of nitrogens with zero attached hydrogens (tertiary/aromatic N) is 2. The van der Waals surface area contributed by atoms with Crippen LogP contribution < -0.4 is 0 Å². The lowest BCUT2D eigenvalue weighted by Gasteiger charge is -2.25. The van der Waals surface area contributed by atoms with Gasteiger partial charge in [0.15, 0.2) is 0 Å². The van der Waals surface area contributed by atoms with Gasteiger partial charge in [-0.25, -0.2) is 4.39 Å². The van der Waals surface area contributed by atoms with E-state index in [4.69, 9.17) is 4.74 Å². The van der Waals surface area contributed by atoms with Gasteiger partial charge in [-0.05, 0) is 42.7 Å². The van der Waals surface area contributed by atoms with Gasteiger partial charge in [0.25, 0.3) is 17.4 Å². The lowest BCUT2D eigenvalue weighted by atomic mass is 9.94. The molecule has 1 heterocycles. The van der Waals surface area contributed by atoms with E-state index in [0.29, 0.717) is 24.2 Å². The minimum atomic E-state index is -0.970. The zero-order valence-electron chi connectivity index (χ0n) is 17.0. The van der Waals surface area contributed by atoms with Crippen molar-refractivity contribution in [3.8, 4) is 0 Å². The third-order valence-corrected chi connectivity index (χ3v) is 5.15. The number of carbonyl (C=O) groups is 2. The van der Waals surface area contributed by atoms with Gasteiger partial charge in [0.2, 0.25) is 0 Å². The van der Waals surface area contributed by atoms with Crippen molar-refractivity contribution in [3.63, 3.8) is 0 Å². The number of likely N-dealkylation sites (tertiary alicyclic amines) is 1. The highest BCUT2D eigenvalue weighted by atomic mass is 19.1. The molecule has 3 rings (SSSR count). The van der Waals surface area contributed by atoms with Crippen LogP contribution in [0.5, 0.6) is 0 Å². The minimum absolute atomic E-state index is 0.0601. The van der Waals surface area contributed by atoms with E-state index < -0.39 is 34.2 Å². The Kier molecular flexibility index (Phi) is 6.45. The summed E-state index contributed by atoms with van der Waals surface area (Å²) in [4.78, 5) is 37.3. The number of ketones is 1. The fourth-order valence-electron chi connectivity index (χ4n) is 3.51. The Morgan fingerprint density at radius 2 is 1.90 bits per heavy atom. The van der Waals surface area contributed by atoms with Crippen LogP contribution in [-0.2, 0) is 14.3 Å². The zero-order chi connectivity index (χ0) is 22.7. The molecular formula is C22H21FN2O6. The molecular weight excluding hydrogens is 407 g/mol. The van der Waals surface area contributed by atoms with Crippen molar-refractivity contribution >= 4 is 23.1 Å². The standard InChI is InChI=1S/C22H21FN2O6/c1-13-4-5-15(12-17(13)23)20(26)18-19(14-6-8-16(9-7-14)25(29)30)24(10-3-11-31-2)22(28)21(18)27/h4-9,12,19,26H,3,10-11H2,1-2H3/t19-/m0/s1. The molecule has 2 aromatic rings. The van der Waals surface area contributed by atoms with Gasteiger partial charge in [-0.1, -0.05) is 12.1 Å². The number of non-ortho nitro benzene ring substituents is 1. The number of rotatable bonds is 7. The molecule has 2 aromatic carbocycles. The van der Waals surface area contributed by atoms with Crippen molar-refractivity contribution in [2.75, 3.05) is 20.3 Å². The molecule has 8 nitrogen and oxygen atoms in total. The Balaban J connectivity index is 2.13. The van der Waals surface area contributed by atoms with Crippen LogP contribution in [0.1, 0.15) is 29.2 Å². The van der Waals surface area contributed by atoms with Crippen LogP contribution in [0.15, 0.2) is 48.0 Å². The third kappa shape index (κ3) is 4.31. The fourth-order valence-corrected chi connectivity index (χ4v) is 3.51. The number of aryl methyl sites for hydroxylation is 1. The first-order chi connectivity index (χ1) is 14.8. The highest BCUT2D eigenvalue weighted by Crippen LogP contribution is 2.40. The molecule has 0 spiro atoms. The lowest BCUT2D eigenvalue weighted by Crippen LogP contribution is -2.31. The van der Waals surface area contributed by atoms with Crippen LogP contribution in [0.2, 0.25) is 0 Å². The van der Waals surface area contributed by atoms with Gasteiger partial charge in [0.05, 0.1) is 16.5 Å². The molecule has 1 aliphatic heterocycles. The van der Waals surface area contributed by atoms with Crippen molar-refractivity contribution < 1.29 is 28.7 Å². The summed E-state index contributed by atoms with van der Waals surface area (Å²) in [7, 11) is 1.51. The molecule has 0 bridgehead atoms. The fraction of sp³-hybridized carbons (Fsp3) is 0.273. The topological polar surface area (TPSA) is 110 Å². The first-order valence-electron chi connectivity index (χ1n) is 9.54. The number of carbonyl (C=O) groups excluding carboxylic acids is 2. The smallest absolute Gasteiger partial charge is 0.295 e. The molecule has 1 aliphatic rings. The SMILES string of the molecule is COCCCN1C(=O)C(=O)C(=C(O)c2ccc(C)c(F)c2)[C@@H]1c1ccc([N+](=O)[O-])cc1. The molecule has 1 fully saturated rings. The molecule has 0 unspecified atom stereocenters. The first kappa shape index (κ1) is 22.1. The van der Waals surface area contributed by atoms with E-state index in [1.807, 2.05) is 0 Å². The summed E-state index contributed by atoms with van der Waals surface area (Å²) in [6.07, 6.45) is 0.437. The van der Waals surface area contributed by atoms with E-state index in [9.17, 15) is 29.2 Å². The quantitative estimate of drug-likeness (QED) is 0.181. The average molecular weight is 428 g/mol. The number of hydrogen-bond acceptors (Lipinski definition) is 6. The van der Waals surface area contributed by atoms with Crippen LogP contribution in [0.25, 0.3) is 5.76 Å². The maximum atomic E-state index is 14.0. The molecule has 162 valence electrons. The second-order valence-electron chi connectivity index (χ2n) is 7.15. The molecule has 1 N–H and O–H groups in total. The Morgan fingerprint density at radius 3 is 2.48 bits per heavy atom. The zero-order valence-corrected chi connectivity index (χ0v) is 17.0. The number of aliphatic hydroxyl groups is 1. The summed E-state index contributed by atoms with van der Waals surface area (Å²) < 4.78 is 19.1. The number of aliphatic hydroxyl groups excluding tert-OH is 1. The number of hydrogen-bond donors (Lipinski definition) is 1. The van der Waals surface area contributed by atoms with Crippen molar-refractivity contribution in [3.05, 3.63) is 80.7 Å². The van der Waals surface area contributed by atoms with Gasteiger partial charge in [0.1, 0.15) is 11.6 Å². The molecule has 0 saturated carbocycles. The van der Waals surface area contributed by atoms with Gasteiger partial charge in [-0.15, -0.1) is 0 Å². The number of benzene rings is 2. The third-order valence-electron chi connectivity index (χ3n) is 5.15. The second-order valence-corrected chi connectivity index (χ2v) is 7.15. The van der Waals surface area contributed by atoms with Crippen LogP contribution in [0, 0.1) is 22.9 Å². The molecule has 1 atom stereocenters. The van der Waals surface area contributed by atoms with Crippen LogP contribution in [0.4, 0.5) is 10.1 Å². The van der Waals surface area contributed by atoms with Gasteiger partial charge in [0, 0.05) is 38.0 Å². The average Bonchev–Trinajstić information content (AvgIpc) is 3.00. The van der Waals surface area contributed by atoms with Gasteiger partial charge >= 0.3 is 0 Å². The van der Waals surface area contributed by atoms with E-state index in [0.717, 1.165) is 6.07 Å². The monoisotopic (exact) mass is 428 g/mol. The van der Waals surface area contributed by atoms with Crippen LogP contribution in [-0.4, -0.2) is 46.9 Å². The Morgan fingerprint density at radius 1 is 1.23 bits per heavy atom. The van der Waals surface area contributed by atoms with Gasteiger partial charge in [-0.2, -0.15) is 0 Å². The summed E-state index contributed by atoms with van der Waals surface area (Å²) in [5.41, 5.74) is 0.491. The molecule has 0 aliphatic carbocycles. The molecule has 9 heteroatoms. The van der Waals surface area contributed by atoms with Crippen molar-refractivity contribution in [1.82, 2.24) is 4.90 Å². The summed E-state index contributed by atoms with van der Waals surface area (Å²) in [5.74, 6) is -2.78. The maximum Gasteiger partial charge on any atom is 0.295 e. The number of ether oxygens (including phenoxy) is 1. The second kappa shape index (κ2) is 9.05. The Hall–Kier alpha value is -3.59. The number of methoxy groups -OCH3 is 1. The summed E-state index contributed by atoms with van der Waals surface area (Å²) >= 11 is 0. The maximum absolute atomic E-state index is 14.0. The summed E-state index contributed by atoms with van der Waals surface area (Å²) in [5, 5.41) is 21.8. The van der Waals surface area contributed by atoms with Gasteiger partial charge < -0.3 is 14.7 Å². The lowest BCUT2D eigenvalue weighted by molar-refractivity contribution is -0.384. The van der Waals surface area contributed by atoms with E-state index >= 15 is 0 Å². The molecule has 0 aromatic heterocycles. The number of nitro benzene ring substituents is 1. The highest BCUT2D eigenvalue weighted by Gasteiger charge is 2.45. The Bertz CT molecular complexity index is 1060. The number of halogens is 1. The molecule has 0 radical (unpaired) electrons. The van der Waals surface area contributed by atoms with E-state index in [2.05, 4.69) is 0 Å². The van der Waals surface area contributed by atoms with Crippen LogP contribution in [0.3, 0.4) is 0 Å². The van der Waals surface area contributed by atoms with E-state index in [1.54, 1.807) is 6.92 Å². The number of Topliss-reactive ketones (excluding diaryl/α,β-unsaturated/α-hetero) is 1. The van der Waals surface area contributed by atoms with E-state index in [-0.39, 0.29) is 23.4 Å². The first-order valence-corrected chi connectivity index (χ1v) is 9.54. The molecule has 1 amide bonds. The molecule has 1 saturated heterocycles.